The summed E-state index contributed by atoms with van der Waals surface area (Å²) in [6.45, 7) is 4.51. The number of amides is 1. The van der Waals surface area contributed by atoms with Crippen LogP contribution in [0.5, 0.6) is 0 Å². The molecule has 1 fully saturated rings. The van der Waals surface area contributed by atoms with E-state index in [1.54, 1.807) is 18.2 Å². The van der Waals surface area contributed by atoms with Crippen LogP contribution in [0.1, 0.15) is 30.9 Å². The molecule has 1 aromatic heterocycles. The highest BCUT2D eigenvalue weighted by Gasteiger charge is 2.30. The van der Waals surface area contributed by atoms with Crippen molar-refractivity contribution in [1.29, 1.82) is 0 Å². The highest BCUT2D eigenvalue weighted by atomic mass is 35.5. The van der Waals surface area contributed by atoms with Gasteiger partial charge in [0, 0.05) is 42.7 Å². The fraction of sp³-hybridized carbons (Fsp3) is 0.320. The molecule has 0 atom stereocenters. The first kappa shape index (κ1) is 24.8. The van der Waals surface area contributed by atoms with Gasteiger partial charge in [-0.15, -0.1) is 0 Å². The molecule has 10 heteroatoms. The average molecular weight is 505 g/mol. The van der Waals surface area contributed by atoms with E-state index in [1.165, 1.54) is 29.7 Å². The van der Waals surface area contributed by atoms with Crippen molar-refractivity contribution in [2.45, 2.75) is 38.9 Å². The van der Waals surface area contributed by atoms with Crippen LogP contribution in [-0.4, -0.2) is 34.6 Å². The Balaban J connectivity index is 1.78. The van der Waals surface area contributed by atoms with Crippen molar-refractivity contribution >= 4 is 23.3 Å². The number of anilines is 1. The summed E-state index contributed by atoms with van der Waals surface area (Å²) in [5.41, 5.74) is 0.469. The summed E-state index contributed by atoms with van der Waals surface area (Å²) in [5, 5.41) is 3.44. The molecule has 1 N–H and O–H groups in total. The SMILES string of the molecule is CC(=O)NC1CCN(c2cc(=O)n(-c3ccc(C(F)(F)F)cc3)c(-c3ccc(Cl)cc3C)n2)CC1. The fourth-order valence-electron chi connectivity index (χ4n) is 4.28. The molecule has 35 heavy (non-hydrogen) atoms. The van der Waals surface area contributed by atoms with Crippen LogP contribution in [0.25, 0.3) is 17.1 Å². The van der Waals surface area contributed by atoms with Crippen LogP contribution in [0.15, 0.2) is 53.3 Å². The Kier molecular flexibility index (Phi) is 6.89. The molecule has 0 spiro atoms. The van der Waals surface area contributed by atoms with Gasteiger partial charge in [-0.05, 0) is 67.8 Å². The number of aromatic nitrogens is 2. The number of halogens is 4. The van der Waals surface area contributed by atoms with E-state index in [4.69, 9.17) is 16.6 Å². The third kappa shape index (κ3) is 5.51. The number of benzene rings is 2. The molecule has 1 aliphatic rings. The van der Waals surface area contributed by atoms with Gasteiger partial charge in [0.15, 0.2) is 0 Å². The summed E-state index contributed by atoms with van der Waals surface area (Å²) >= 11 is 6.12. The average Bonchev–Trinajstić information content (AvgIpc) is 2.78. The van der Waals surface area contributed by atoms with Crippen LogP contribution in [0.4, 0.5) is 19.0 Å². The van der Waals surface area contributed by atoms with Crippen LogP contribution in [-0.2, 0) is 11.0 Å². The van der Waals surface area contributed by atoms with E-state index in [0.717, 1.165) is 17.7 Å². The number of rotatable bonds is 4. The fourth-order valence-corrected chi connectivity index (χ4v) is 4.51. The topological polar surface area (TPSA) is 67.2 Å². The molecular weight excluding hydrogens is 481 g/mol. The highest BCUT2D eigenvalue weighted by molar-refractivity contribution is 6.30. The summed E-state index contributed by atoms with van der Waals surface area (Å²) in [6.07, 6.45) is -3.07. The molecule has 0 radical (unpaired) electrons. The summed E-state index contributed by atoms with van der Waals surface area (Å²) in [7, 11) is 0. The lowest BCUT2D eigenvalue weighted by Gasteiger charge is -2.33. The van der Waals surface area contributed by atoms with Gasteiger partial charge >= 0.3 is 6.18 Å². The van der Waals surface area contributed by atoms with Gasteiger partial charge in [0.1, 0.15) is 11.6 Å². The molecule has 0 unspecified atom stereocenters. The number of aryl methyl sites for hydroxylation is 1. The molecule has 184 valence electrons. The molecule has 6 nitrogen and oxygen atoms in total. The van der Waals surface area contributed by atoms with Crippen molar-refractivity contribution in [3.8, 4) is 17.1 Å². The lowest BCUT2D eigenvalue weighted by molar-refractivity contribution is -0.137. The standard InChI is InChI=1S/C25H24ClF3N4O2/c1-15-13-18(26)5-8-21(15)24-31-22(32-11-9-19(10-12-32)30-16(2)34)14-23(35)33(24)20-6-3-17(4-7-20)25(27,28)29/h3-8,13-14,19H,9-12H2,1-2H3,(H,30,34). The van der Waals surface area contributed by atoms with Crippen molar-refractivity contribution in [1.82, 2.24) is 14.9 Å². The smallest absolute Gasteiger partial charge is 0.356 e. The van der Waals surface area contributed by atoms with Crippen molar-refractivity contribution in [2.24, 2.45) is 0 Å². The second kappa shape index (κ2) is 9.73. The third-order valence-electron chi connectivity index (χ3n) is 6.01. The minimum absolute atomic E-state index is 0.0641. The number of carbonyl (C=O) groups excluding carboxylic acids is 1. The molecule has 1 amide bonds. The second-order valence-corrected chi connectivity index (χ2v) is 9.01. The summed E-state index contributed by atoms with van der Waals surface area (Å²) in [4.78, 5) is 31.5. The number of nitrogens with zero attached hydrogens (tertiary/aromatic N) is 3. The molecule has 0 saturated carbocycles. The molecule has 1 aliphatic heterocycles. The lowest BCUT2D eigenvalue weighted by Crippen LogP contribution is -2.44. The minimum atomic E-state index is -4.48. The van der Waals surface area contributed by atoms with Gasteiger partial charge in [-0.25, -0.2) is 4.98 Å². The summed E-state index contributed by atoms with van der Waals surface area (Å²) in [6, 6.07) is 11.0. The number of hydrogen-bond acceptors (Lipinski definition) is 4. The lowest BCUT2D eigenvalue weighted by atomic mass is 10.0. The van der Waals surface area contributed by atoms with Gasteiger partial charge in [-0.2, -0.15) is 13.2 Å². The first-order chi connectivity index (χ1) is 16.5. The Labute approximate surface area is 205 Å². The van der Waals surface area contributed by atoms with Gasteiger partial charge in [0.05, 0.1) is 11.3 Å². The van der Waals surface area contributed by atoms with E-state index in [1.807, 2.05) is 11.8 Å². The normalized spacial score (nSPS) is 14.7. The maximum Gasteiger partial charge on any atom is 0.416 e. The number of nitrogens with one attached hydrogen (secondary N) is 1. The van der Waals surface area contributed by atoms with E-state index < -0.39 is 17.3 Å². The third-order valence-corrected chi connectivity index (χ3v) is 6.25. The van der Waals surface area contributed by atoms with Crippen LogP contribution < -0.4 is 15.8 Å². The first-order valence-electron chi connectivity index (χ1n) is 11.1. The molecule has 0 bridgehead atoms. The Bertz CT molecular complexity index is 1300. The molecule has 2 aromatic carbocycles. The van der Waals surface area contributed by atoms with E-state index in [9.17, 15) is 22.8 Å². The zero-order valence-corrected chi connectivity index (χ0v) is 20.0. The Morgan fingerprint density at radius 3 is 2.31 bits per heavy atom. The zero-order chi connectivity index (χ0) is 25.3. The number of hydrogen-bond donors (Lipinski definition) is 1. The van der Waals surface area contributed by atoms with Gasteiger partial charge in [-0.1, -0.05) is 11.6 Å². The quantitative estimate of drug-likeness (QED) is 0.544. The van der Waals surface area contributed by atoms with Crippen LogP contribution in [0.2, 0.25) is 5.02 Å². The molecular formula is C25H24ClF3N4O2. The van der Waals surface area contributed by atoms with Crippen LogP contribution in [0, 0.1) is 6.92 Å². The van der Waals surface area contributed by atoms with Crippen LogP contribution in [0.3, 0.4) is 0 Å². The predicted molar refractivity (Wildman–Crippen MR) is 129 cm³/mol. The van der Waals surface area contributed by atoms with Gasteiger partial charge in [-0.3, -0.25) is 14.2 Å². The Morgan fingerprint density at radius 2 is 1.74 bits per heavy atom. The second-order valence-electron chi connectivity index (χ2n) is 8.58. The number of piperidine rings is 1. The van der Waals surface area contributed by atoms with E-state index in [-0.39, 0.29) is 17.6 Å². The minimum Gasteiger partial charge on any atom is -0.356 e. The number of carbonyl (C=O) groups is 1. The maximum absolute atomic E-state index is 13.3. The van der Waals surface area contributed by atoms with E-state index in [2.05, 4.69) is 5.32 Å². The van der Waals surface area contributed by atoms with Crippen molar-refractivity contribution in [3.05, 3.63) is 75.0 Å². The molecule has 1 saturated heterocycles. The maximum atomic E-state index is 13.3. The van der Waals surface area contributed by atoms with Gasteiger partial charge in [0.25, 0.3) is 5.56 Å². The highest BCUT2D eigenvalue weighted by Crippen LogP contribution is 2.31. The van der Waals surface area contributed by atoms with Crippen molar-refractivity contribution < 1.29 is 18.0 Å². The largest absolute Gasteiger partial charge is 0.416 e. The number of alkyl halides is 3. The summed E-state index contributed by atoms with van der Waals surface area (Å²) < 4.78 is 40.5. The molecule has 2 heterocycles. The first-order valence-corrected chi connectivity index (χ1v) is 11.5. The molecule has 0 aliphatic carbocycles. The van der Waals surface area contributed by atoms with Crippen molar-refractivity contribution in [2.75, 3.05) is 18.0 Å². The van der Waals surface area contributed by atoms with E-state index in [0.29, 0.717) is 48.2 Å². The molecule has 3 aromatic rings. The molecule has 4 rings (SSSR count). The van der Waals surface area contributed by atoms with Gasteiger partial charge in [0.2, 0.25) is 5.91 Å². The Hall–Kier alpha value is -3.33. The van der Waals surface area contributed by atoms with Gasteiger partial charge < -0.3 is 10.2 Å². The monoisotopic (exact) mass is 504 g/mol. The van der Waals surface area contributed by atoms with E-state index >= 15 is 0 Å². The van der Waals surface area contributed by atoms with Crippen molar-refractivity contribution in [3.63, 3.8) is 0 Å². The Morgan fingerprint density at radius 1 is 1.09 bits per heavy atom. The zero-order valence-electron chi connectivity index (χ0n) is 19.2. The summed E-state index contributed by atoms with van der Waals surface area (Å²) in [5.74, 6) is 0.704. The van der Waals surface area contributed by atoms with Crippen LogP contribution >= 0.6 is 11.6 Å². The predicted octanol–water partition coefficient (Wildman–Crippen LogP) is 4.99.